The Hall–Kier alpha value is -3.39. The fourth-order valence-electron chi connectivity index (χ4n) is 4.62. The number of nitrogens with two attached hydrogens (primary N) is 1. The Morgan fingerprint density at radius 3 is 2.75 bits per heavy atom. The zero-order valence-corrected chi connectivity index (χ0v) is 17.7. The van der Waals surface area contributed by atoms with Crippen LogP contribution < -0.4 is 15.4 Å². The number of halogens is 2. The largest absolute Gasteiger partial charge is 0.462 e. The van der Waals surface area contributed by atoms with E-state index in [1.54, 1.807) is 24.7 Å². The number of pyridine rings is 2. The van der Waals surface area contributed by atoms with Gasteiger partial charge in [0.05, 0.1) is 18.1 Å². The Morgan fingerprint density at radius 1 is 1.09 bits per heavy atom. The summed E-state index contributed by atoms with van der Waals surface area (Å²) < 4.78 is 25.4. The molecule has 3 aromatic rings. The van der Waals surface area contributed by atoms with Crippen LogP contribution in [0.1, 0.15) is 17.5 Å². The number of ether oxygens (including phenoxy) is 2. The average molecular weight is 452 g/mol. The van der Waals surface area contributed by atoms with E-state index in [-0.39, 0.29) is 12.6 Å². The molecule has 1 saturated heterocycles. The van der Waals surface area contributed by atoms with E-state index in [9.17, 15) is 4.39 Å². The molecule has 162 valence electrons. The lowest BCUT2D eigenvalue weighted by Crippen LogP contribution is -2.31. The third kappa shape index (κ3) is 2.97. The van der Waals surface area contributed by atoms with Gasteiger partial charge < -0.3 is 20.1 Å². The van der Waals surface area contributed by atoms with Gasteiger partial charge in [-0.05, 0) is 36.2 Å². The summed E-state index contributed by atoms with van der Waals surface area (Å²) in [5.41, 5.74) is 9.38. The predicted molar refractivity (Wildman–Crippen MR) is 119 cm³/mol. The van der Waals surface area contributed by atoms with E-state index in [4.69, 9.17) is 26.8 Å². The molecule has 0 bridgehead atoms. The zero-order chi connectivity index (χ0) is 21.9. The maximum absolute atomic E-state index is 13.7. The lowest BCUT2D eigenvalue weighted by molar-refractivity contribution is 0.264. The summed E-state index contributed by atoms with van der Waals surface area (Å²) in [6.45, 7) is 1.31. The van der Waals surface area contributed by atoms with Gasteiger partial charge in [-0.15, -0.1) is 0 Å². The fraction of sp³-hybridized carbons (Fsp3) is 0.261. The molecule has 5 heterocycles. The summed E-state index contributed by atoms with van der Waals surface area (Å²) in [4.78, 5) is 15.2. The van der Waals surface area contributed by atoms with Gasteiger partial charge in [0.1, 0.15) is 23.7 Å². The molecule has 2 aromatic heterocycles. The number of rotatable bonds is 2. The highest BCUT2D eigenvalue weighted by atomic mass is 35.5. The van der Waals surface area contributed by atoms with Crippen LogP contribution in [0.4, 0.5) is 10.1 Å². The molecular formula is C23H19ClFN5O2. The van der Waals surface area contributed by atoms with Crippen molar-refractivity contribution < 1.29 is 13.9 Å². The van der Waals surface area contributed by atoms with Crippen LogP contribution in [-0.2, 0) is 10.3 Å². The topological polar surface area (TPSA) is 85.9 Å². The summed E-state index contributed by atoms with van der Waals surface area (Å²) in [6.07, 6.45) is 4.89. The molecule has 1 fully saturated rings. The zero-order valence-electron chi connectivity index (χ0n) is 17.0. The van der Waals surface area contributed by atoms with E-state index < -0.39 is 11.7 Å². The van der Waals surface area contributed by atoms with Crippen molar-refractivity contribution in [1.29, 1.82) is 0 Å². The van der Waals surface area contributed by atoms with Crippen LogP contribution in [0.2, 0.25) is 5.15 Å². The third-order valence-electron chi connectivity index (χ3n) is 6.21. The highest BCUT2D eigenvalue weighted by molar-refractivity contribution is 6.29. The molecular weight excluding hydrogens is 433 g/mol. The standard InChI is InChI=1S/C23H19ClFN5O2/c24-21-7-18-20(10-28-21)32-19-2-1-13(6-17(19)23(18)12-31-22(26)29-23)14-5-16(9-27-8-14)30-4-3-15(25)11-30/h1-2,5-10,15H,3-4,11-12H2,(H2,26,29)/t15-,23+/m1/s1. The Morgan fingerprint density at radius 2 is 1.97 bits per heavy atom. The Balaban J connectivity index is 1.46. The van der Waals surface area contributed by atoms with Crippen molar-refractivity contribution in [3.63, 3.8) is 0 Å². The summed E-state index contributed by atoms with van der Waals surface area (Å²) in [6, 6.07) is 9.75. The molecule has 32 heavy (non-hydrogen) atoms. The molecule has 1 aromatic carbocycles. The van der Waals surface area contributed by atoms with E-state index in [1.165, 1.54) is 0 Å². The van der Waals surface area contributed by atoms with Crippen LogP contribution in [0.15, 0.2) is 53.9 Å². The summed E-state index contributed by atoms with van der Waals surface area (Å²) >= 11 is 6.19. The molecule has 7 nitrogen and oxygen atoms in total. The minimum atomic E-state index is -0.878. The van der Waals surface area contributed by atoms with Crippen LogP contribution in [0.25, 0.3) is 11.1 Å². The minimum Gasteiger partial charge on any atom is -0.462 e. The Bertz CT molecular complexity index is 1270. The first kappa shape index (κ1) is 19.3. The van der Waals surface area contributed by atoms with E-state index in [0.29, 0.717) is 36.2 Å². The average Bonchev–Trinajstić information content (AvgIpc) is 3.41. The molecule has 9 heteroatoms. The molecule has 0 amide bonds. The number of aromatic nitrogens is 2. The SMILES string of the molecule is NC1=N[C@@]2(CO1)c1cc(-c3cncc(N4CC[C@@H](F)C4)c3)ccc1Oc1cnc(Cl)cc12. The van der Waals surface area contributed by atoms with Crippen molar-refractivity contribution in [3.8, 4) is 22.6 Å². The van der Waals surface area contributed by atoms with Crippen molar-refractivity contribution in [1.82, 2.24) is 9.97 Å². The van der Waals surface area contributed by atoms with Crippen molar-refractivity contribution in [2.45, 2.75) is 18.1 Å². The minimum absolute atomic E-state index is 0.112. The highest BCUT2D eigenvalue weighted by Gasteiger charge is 2.47. The number of amidine groups is 1. The summed E-state index contributed by atoms with van der Waals surface area (Å²) in [5, 5.41) is 0.334. The monoisotopic (exact) mass is 451 g/mol. The van der Waals surface area contributed by atoms with E-state index >= 15 is 0 Å². The van der Waals surface area contributed by atoms with Gasteiger partial charge in [0.15, 0.2) is 11.3 Å². The normalized spacial score (nSPS) is 23.4. The third-order valence-corrected chi connectivity index (χ3v) is 6.41. The highest BCUT2D eigenvalue weighted by Crippen LogP contribution is 2.51. The van der Waals surface area contributed by atoms with Gasteiger partial charge in [0.2, 0.25) is 0 Å². The lowest BCUT2D eigenvalue weighted by atomic mass is 9.81. The molecule has 6 rings (SSSR count). The molecule has 3 aliphatic heterocycles. The predicted octanol–water partition coefficient (Wildman–Crippen LogP) is 4.04. The molecule has 3 aliphatic rings. The van der Waals surface area contributed by atoms with Gasteiger partial charge in [-0.2, -0.15) is 0 Å². The smallest absolute Gasteiger partial charge is 0.283 e. The second-order valence-electron chi connectivity index (χ2n) is 8.18. The van der Waals surface area contributed by atoms with Gasteiger partial charge >= 0.3 is 0 Å². The summed E-state index contributed by atoms with van der Waals surface area (Å²) in [7, 11) is 0. The molecule has 1 spiro atoms. The van der Waals surface area contributed by atoms with Gasteiger partial charge in [-0.1, -0.05) is 17.7 Å². The molecule has 2 N–H and O–H groups in total. The first-order valence-corrected chi connectivity index (χ1v) is 10.7. The van der Waals surface area contributed by atoms with Crippen molar-refractivity contribution in [2.75, 3.05) is 24.6 Å². The number of alkyl halides is 1. The van der Waals surface area contributed by atoms with Gasteiger partial charge in [-0.25, -0.2) is 14.4 Å². The quantitative estimate of drug-likeness (QED) is 0.592. The van der Waals surface area contributed by atoms with Crippen LogP contribution >= 0.6 is 11.6 Å². The first-order chi connectivity index (χ1) is 15.5. The maximum atomic E-state index is 13.7. The molecule has 2 atom stereocenters. The number of benzene rings is 1. The van der Waals surface area contributed by atoms with Gasteiger partial charge in [-0.3, -0.25) is 4.98 Å². The number of aliphatic imine (C=N–C) groups is 1. The molecule has 0 unspecified atom stereocenters. The first-order valence-electron chi connectivity index (χ1n) is 10.3. The maximum Gasteiger partial charge on any atom is 0.283 e. The van der Waals surface area contributed by atoms with E-state index in [2.05, 4.69) is 15.0 Å². The Labute approximate surface area is 188 Å². The molecule has 0 saturated carbocycles. The van der Waals surface area contributed by atoms with Gasteiger partial charge in [0, 0.05) is 36.0 Å². The number of hydrogen-bond acceptors (Lipinski definition) is 7. The second kappa shape index (κ2) is 7.06. The van der Waals surface area contributed by atoms with E-state index in [0.717, 1.165) is 27.9 Å². The van der Waals surface area contributed by atoms with Crippen LogP contribution in [0.3, 0.4) is 0 Å². The fourth-order valence-corrected chi connectivity index (χ4v) is 4.78. The lowest BCUT2D eigenvalue weighted by Gasteiger charge is -2.33. The van der Waals surface area contributed by atoms with Crippen LogP contribution in [0, 0.1) is 0 Å². The van der Waals surface area contributed by atoms with Crippen LogP contribution in [-0.4, -0.2) is 41.9 Å². The Kier molecular flexibility index (Phi) is 4.26. The number of anilines is 1. The van der Waals surface area contributed by atoms with Gasteiger partial charge in [0.25, 0.3) is 6.02 Å². The summed E-state index contributed by atoms with van der Waals surface area (Å²) in [5.74, 6) is 1.21. The van der Waals surface area contributed by atoms with Crippen molar-refractivity contribution in [3.05, 3.63) is 65.2 Å². The number of nitrogens with zero attached hydrogens (tertiary/aromatic N) is 4. The number of hydrogen-bond donors (Lipinski definition) is 1. The van der Waals surface area contributed by atoms with E-state index in [1.807, 2.05) is 29.2 Å². The van der Waals surface area contributed by atoms with Crippen molar-refractivity contribution >= 4 is 23.3 Å². The molecule has 0 radical (unpaired) electrons. The van der Waals surface area contributed by atoms with Crippen molar-refractivity contribution in [2.24, 2.45) is 10.7 Å². The molecule has 0 aliphatic carbocycles. The number of fused-ring (bicyclic) bond motifs is 4. The van der Waals surface area contributed by atoms with Crippen LogP contribution in [0.5, 0.6) is 11.5 Å². The second-order valence-corrected chi connectivity index (χ2v) is 8.57.